The van der Waals surface area contributed by atoms with Crippen LogP contribution in [0, 0.1) is 12.8 Å². The fourth-order valence-electron chi connectivity index (χ4n) is 1.02. The highest BCUT2D eigenvalue weighted by atomic mass is 15.3. The highest BCUT2D eigenvalue weighted by molar-refractivity contribution is 4.93. The molecule has 0 aliphatic carbocycles. The molecule has 1 aromatic heterocycles. The summed E-state index contributed by atoms with van der Waals surface area (Å²) in [6.07, 6.45) is 0.911. The summed E-state index contributed by atoms with van der Waals surface area (Å²) in [7, 11) is 1.98. The average molecular weight is 168 g/mol. The third-order valence-corrected chi connectivity index (χ3v) is 2.12. The lowest BCUT2D eigenvalue weighted by Gasteiger charge is -2.06. The molecular weight excluding hydrogens is 152 g/mol. The van der Waals surface area contributed by atoms with Crippen molar-refractivity contribution in [3.8, 4) is 0 Å². The number of rotatable bonds is 3. The van der Waals surface area contributed by atoms with Crippen LogP contribution >= 0.6 is 0 Å². The Kier molecular flexibility index (Phi) is 2.81. The van der Waals surface area contributed by atoms with Crippen LogP contribution in [0.3, 0.4) is 0 Å². The van der Waals surface area contributed by atoms with Gasteiger partial charge in [0, 0.05) is 13.5 Å². The predicted molar refractivity (Wildman–Crippen MR) is 47.7 cm³/mol. The summed E-state index contributed by atoms with van der Waals surface area (Å²) in [5, 5.41) is 8.04. The van der Waals surface area contributed by atoms with E-state index in [1.807, 2.05) is 18.5 Å². The van der Waals surface area contributed by atoms with Crippen molar-refractivity contribution >= 4 is 0 Å². The Morgan fingerprint density at radius 2 is 2.17 bits per heavy atom. The molecule has 0 aliphatic heterocycles. The van der Waals surface area contributed by atoms with Crippen molar-refractivity contribution in [1.82, 2.24) is 14.8 Å². The van der Waals surface area contributed by atoms with Crippen molar-refractivity contribution in [2.75, 3.05) is 6.54 Å². The third-order valence-electron chi connectivity index (χ3n) is 2.12. The molecule has 4 nitrogen and oxygen atoms in total. The first-order valence-corrected chi connectivity index (χ1v) is 4.20. The van der Waals surface area contributed by atoms with Gasteiger partial charge in [0.05, 0.1) is 0 Å². The van der Waals surface area contributed by atoms with Crippen LogP contribution in [0.15, 0.2) is 0 Å². The Morgan fingerprint density at radius 1 is 1.50 bits per heavy atom. The van der Waals surface area contributed by atoms with Gasteiger partial charge < -0.3 is 10.3 Å². The minimum Gasteiger partial charge on any atom is -0.330 e. The molecule has 0 amide bonds. The predicted octanol–water partition coefficient (Wildman–Crippen LogP) is 0.261. The van der Waals surface area contributed by atoms with Crippen LogP contribution in [0.1, 0.15) is 18.6 Å². The molecule has 0 saturated carbocycles. The molecule has 0 bridgehead atoms. The molecule has 0 aromatic carbocycles. The lowest BCUT2D eigenvalue weighted by molar-refractivity contribution is 0.558. The quantitative estimate of drug-likeness (QED) is 0.704. The van der Waals surface area contributed by atoms with Crippen molar-refractivity contribution in [3.05, 3.63) is 11.6 Å². The van der Waals surface area contributed by atoms with Crippen molar-refractivity contribution in [1.29, 1.82) is 0 Å². The summed E-state index contributed by atoms with van der Waals surface area (Å²) < 4.78 is 2.01. The second-order valence-electron chi connectivity index (χ2n) is 3.27. The second-order valence-corrected chi connectivity index (χ2v) is 3.27. The van der Waals surface area contributed by atoms with E-state index in [4.69, 9.17) is 5.73 Å². The summed E-state index contributed by atoms with van der Waals surface area (Å²) >= 11 is 0. The Bertz CT molecular complexity index is 254. The number of nitrogens with zero attached hydrogens (tertiary/aromatic N) is 3. The molecule has 0 saturated heterocycles. The molecule has 12 heavy (non-hydrogen) atoms. The monoisotopic (exact) mass is 168 g/mol. The minimum absolute atomic E-state index is 0.479. The molecule has 0 spiro atoms. The summed E-state index contributed by atoms with van der Waals surface area (Å²) in [5.41, 5.74) is 5.52. The molecule has 0 radical (unpaired) electrons. The van der Waals surface area contributed by atoms with E-state index in [0.29, 0.717) is 12.5 Å². The number of hydrogen-bond donors (Lipinski definition) is 1. The highest BCUT2D eigenvalue weighted by Gasteiger charge is 2.08. The Morgan fingerprint density at radius 3 is 2.58 bits per heavy atom. The molecule has 1 heterocycles. The van der Waals surface area contributed by atoms with E-state index < -0.39 is 0 Å². The van der Waals surface area contributed by atoms with Crippen LogP contribution in [-0.4, -0.2) is 21.3 Å². The number of aromatic nitrogens is 3. The van der Waals surface area contributed by atoms with Crippen LogP contribution < -0.4 is 5.73 Å². The first-order valence-electron chi connectivity index (χ1n) is 4.20. The van der Waals surface area contributed by atoms with Crippen molar-refractivity contribution in [2.24, 2.45) is 18.7 Å². The molecular formula is C8H16N4. The van der Waals surface area contributed by atoms with Crippen LogP contribution in [0.4, 0.5) is 0 Å². The van der Waals surface area contributed by atoms with Gasteiger partial charge in [0.2, 0.25) is 0 Å². The highest BCUT2D eigenvalue weighted by Crippen LogP contribution is 2.04. The number of aryl methyl sites for hydroxylation is 1. The molecule has 1 aromatic rings. The summed E-state index contributed by atoms with van der Waals surface area (Å²) in [6, 6.07) is 0. The zero-order valence-corrected chi connectivity index (χ0v) is 7.91. The maximum atomic E-state index is 5.52. The summed E-state index contributed by atoms with van der Waals surface area (Å²) in [5.74, 6) is 2.45. The second kappa shape index (κ2) is 3.67. The number of nitrogens with two attached hydrogens (primary N) is 1. The maximum Gasteiger partial charge on any atom is 0.133 e. The van der Waals surface area contributed by atoms with Crippen molar-refractivity contribution in [2.45, 2.75) is 20.3 Å². The average Bonchev–Trinajstić information content (AvgIpc) is 2.36. The van der Waals surface area contributed by atoms with E-state index >= 15 is 0 Å². The summed E-state index contributed by atoms with van der Waals surface area (Å²) in [6.45, 7) is 4.76. The Balaban J connectivity index is 2.69. The molecule has 0 fully saturated rings. The van der Waals surface area contributed by atoms with Gasteiger partial charge in [-0.15, -0.1) is 10.2 Å². The molecule has 0 aliphatic rings. The smallest absolute Gasteiger partial charge is 0.133 e. The van der Waals surface area contributed by atoms with Gasteiger partial charge >= 0.3 is 0 Å². The van der Waals surface area contributed by atoms with E-state index in [-0.39, 0.29) is 0 Å². The molecule has 1 unspecified atom stereocenters. The molecule has 4 heteroatoms. The number of hydrogen-bond acceptors (Lipinski definition) is 3. The SMILES string of the molecule is Cc1nnc(CC(C)CN)n1C. The van der Waals surface area contributed by atoms with Gasteiger partial charge in [0.15, 0.2) is 0 Å². The van der Waals surface area contributed by atoms with E-state index in [1.54, 1.807) is 0 Å². The summed E-state index contributed by atoms with van der Waals surface area (Å²) in [4.78, 5) is 0. The largest absolute Gasteiger partial charge is 0.330 e. The zero-order chi connectivity index (χ0) is 9.14. The van der Waals surface area contributed by atoms with Crippen LogP contribution in [0.5, 0.6) is 0 Å². The first-order chi connectivity index (χ1) is 5.65. The fourth-order valence-corrected chi connectivity index (χ4v) is 1.02. The molecule has 68 valence electrons. The van der Waals surface area contributed by atoms with Crippen LogP contribution in [0.2, 0.25) is 0 Å². The van der Waals surface area contributed by atoms with Gasteiger partial charge in [-0.05, 0) is 19.4 Å². The van der Waals surface area contributed by atoms with E-state index in [0.717, 1.165) is 18.1 Å². The van der Waals surface area contributed by atoms with Gasteiger partial charge in [-0.1, -0.05) is 6.92 Å². The van der Waals surface area contributed by atoms with E-state index in [1.165, 1.54) is 0 Å². The molecule has 1 atom stereocenters. The van der Waals surface area contributed by atoms with Gasteiger partial charge in [0.1, 0.15) is 11.6 Å². The van der Waals surface area contributed by atoms with Gasteiger partial charge in [-0.25, -0.2) is 0 Å². The normalized spacial score (nSPS) is 13.3. The lowest BCUT2D eigenvalue weighted by atomic mass is 10.1. The van der Waals surface area contributed by atoms with Crippen LogP contribution in [0.25, 0.3) is 0 Å². The first kappa shape index (κ1) is 9.19. The maximum absolute atomic E-state index is 5.52. The van der Waals surface area contributed by atoms with Gasteiger partial charge in [-0.3, -0.25) is 0 Å². The minimum atomic E-state index is 0.479. The molecule has 2 N–H and O–H groups in total. The van der Waals surface area contributed by atoms with E-state index in [9.17, 15) is 0 Å². The van der Waals surface area contributed by atoms with E-state index in [2.05, 4.69) is 17.1 Å². The van der Waals surface area contributed by atoms with Gasteiger partial charge in [-0.2, -0.15) is 0 Å². The van der Waals surface area contributed by atoms with Crippen molar-refractivity contribution < 1.29 is 0 Å². The van der Waals surface area contributed by atoms with Crippen molar-refractivity contribution in [3.63, 3.8) is 0 Å². The van der Waals surface area contributed by atoms with Gasteiger partial charge in [0.25, 0.3) is 0 Å². The zero-order valence-electron chi connectivity index (χ0n) is 7.91. The lowest BCUT2D eigenvalue weighted by Crippen LogP contribution is -2.15. The Hall–Kier alpha value is -0.900. The fraction of sp³-hybridized carbons (Fsp3) is 0.750. The standard InChI is InChI=1S/C8H16N4/c1-6(5-9)4-8-11-10-7(2)12(8)3/h6H,4-5,9H2,1-3H3. The molecule has 1 rings (SSSR count). The van der Waals surface area contributed by atoms with Crippen LogP contribution in [-0.2, 0) is 13.5 Å². The third kappa shape index (κ3) is 1.82. The topological polar surface area (TPSA) is 56.7 Å². The Labute approximate surface area is 72.8 Å².